The zero-order chi connectivity index (χ0) is 34.6. The summed E-state index contributed by atoms with van der Waals surface area (Å²) in [6, 6.07) is 22.3. The van der Waals surface area contributed by atoms with E-state index in [4.69, 9.17) is 4.74 Å². The topological polar surface area (TPSA) is 114 Å². The summed E-state index contributed by atoms with van der Waals surface area (Å²) < 4.78 is 11.6. The van der Waals surface area contributed by atoms with E-state index in [0.29, 0.717) is 24.2 Å². The van der Waals surface area contributed by atoms with Crippen LogP contribution in [0, 0.1) is 7.14 Å². The Morgan fingerprint density at radius 3 is 2.17 bits per heavy atom. The van der Waals surface area contributed by atoms with Crippen molar-refractivity contribution in [3.05, 3.63) is 139 Å². The average molecular weight is 888 g/mol. The van der Waals surface area contributed by atoms with Crippen LogP contribution < -0.4 is 10.1 Å². The molecule has 1 heterocycles. The molecule has 0 spiro atoms. The number of amides is 3. The van der Waals surface area contributed by atoms with Crippen LogP contribution in [0.15, 0.2) is 120 Å². The van der Waals surface area contributed by atoms with Crippen molar-refractivity contribution < 1.29 is 28.7 Å². The van der Waals surface area contributed by atoms with Crippen LogP contribution in [0.3, 0.4) is 0 Å². The normalized spacial score (nSPS) is 14.4. The largest absolute Gasteiger partial charge is 0.480 e. The van der Waals surface area contributed by atoms with Crippen molar-refractivity contribution in [2.75, 3.05) is 19.5 Å². The average Bonchev–Trinajstić information content (AvgIpc) is 3.09. The van der Waals surface area contributed by atoms with Gasteiger partial charge in [0.15, 0.2) is 11.8 Å². The molecule has 1 aliphatic heterocycles. The van der Waals surface area contributed by atoms with Crippen molar-refractivity contribution in [1.82, 2.24) is 10.2 Å². The van der Waals surface area contributed by atoms with E-state index >= 15 is 0 Å². The van der Waals surface area contributed by atoms with Crippen LogP contribution in [-0.4, -0.2) is 53.2 Å². The van der Waals surface area contributed by atoms with Crippen molar-refractivity contribution >= 4 is 91.9 Å². The van der Waals surface area contributed by atoms with Crippen LogP contribution in [0.4, 0.5) is 0 Å². The number of nitrogens with one attached hydrogen (secondary N) is 1. The summed E-state index contributed by atoms with van der Waals surface area (Å²) in [6.45, 7) is 5.21. The first kappa shape index (κ1) is 36.8. The second kappa shape index (κ2) is 17.9. The number of hydrogen-bond acceptors (Lipinski definition) is 7. The first-order chi connectivity index (χ1) is 23.2. The Bertz CT molecular complexity index is 1760. The molecule has 3 amide bonds. The molecule has 246 valence electrons. The molecular formula is C36H31I2N3O6S. The van der Waals surface area contributed by atoms with E-state index in [2.05, 4.69) is 66.8 Å². The molecule has 9 nitrogen and oxygen atoms in total. The van der Waals surface area contributed by atoms with Crippen molar-refractivity contribution in [3.8, 4) is 5.75 Å². The predicted molar refractivity (Wildman–Crippen MR) is 205 cm³/mol. The molecule has 48 heavy (non-hydrogen) atoms. The molecular weight excluding hydrogens is 856 g/mol. The molecule has 0 aromatic heterocycles. The second-order valence-corrected chi connectivity index (χ2v) is 13.3. The van der Waals surface area contributed by atoms with Gasteiger partial charge in [-0.2, -0.15) is 4.99 Å². The van der Waals surface area contributed by atoms with E-state index in [-0.39, 0.29) is 29.0 Å². The van der Waals surface area contributed by atoms with Gasteiger partial charge in [0.25, 0.3) is 11.8 Å². The number of esters is 1. The lowest BCUT2D eigenvalue weighted by Gasteiger charge is -2.28. The number of aliphatic imine (C=N–C) groups is 1. The van der Waals surface area contributed by atoms with E-state index in [9.17, 15) is 19.2 Å². The summed E-state index contributed by atoms with van der Waals surface area (Å²) in [5, 5.41) is 3.16. The third kappa shape index (κ3) is 9.54. The molecule has 3 aromatic rings. The Balaban J connectivity index is 1.62. The highest BCUT2D eigenvalue weighted by Gasteiger charge is 2.35. The number of rotatable bonds is 12. The monoisotopic (exact) mass is 887 g/mol. The van der Waals surface area contributed by atoms with Crippen LogP contribution in [0.2, 0.25) is 0 Å². The van der Waals surface area contributed by atoms with Gasteiger partial charge in [-0.15, -0.1) is 0 Å². The van der Waals surface area contributed by atoms with Gasteiger partial charge in [0, 0.05) is 5.70 Å². The van der Waals surface area contributed by atoms with E-state index in [0.717, 1.165) is 22.9 Å². The molecule has 0 saturated heterocycles. The Hall–Kier alpha value is -4.02. The maximum absolute atomic E-state index is 14.0. The molecule has 1 N–H and O–H groups in total. The fourth-order valence-corrected chi connectivity index (χ4v) is 7.49. The van der Waals surface area contributed by atoms with Gasteiger partial charge < -0.3 is 14.8 Å². The van der Waals surface area contributed by atoms with Gasteiger partial charge in [0.2, 0.25) is 5.91 Å². The van der Waals surface area contributed by atoms with Gasteiger partial charge in [-0.25, -0.2) is 4.79 Å². The van der Waals surface area contributed by atoms with Crippen LogP contribution >= 0.6 is 56.9 Å². The van der Waals surface area contributed by atoms with Crippen molar-refractivity contribution in [1.29, 1.82) is 0 Å². The quantitative estimate of drug-likeness (QED) is 0.0697. The Morgan fingerprint density at radius 1 is 1.02 bits per heavy atom. The molecule has 0 aliphatic carbocycles. The molecule has 0 bridgehead atoms. The minimum atomic E-state index is -0.732. The maximum Gasteiger partial charge on any atom is 0.343 e. The Kier molecular flexibility index (Phi) is 13.8. The number of benzene rings is 3. The van der Waals surface area contributed by atoms with Crippen molar-refractivity contribution in [2.24, 2.45) is 4.99 Å². The summed E-state index contributed by atoms with van der Waals surface area (Å²) in [5.41, 5.74) is 2.69. The number of hydrogen-bond donors (Lipinski definition) is 1. The zero-order valence-corrected chi connectivity index (χ0v) is 31.2. The van der Waals surface area contributed by atoms with Gasteiger partial charge in [-0.1, -0.05) is 97.2 Å². The Morgan fingerprint density at radius 2 is 1.62 bits per heavy atom. The van der Waals surface area contributed by atoms with E-state index in [1.54, 1.807) is 43.4 Å². The van der Waals surface area contributed by atoms with Crippen LogP contribution in [0.25, 0.3) is 6.08 Å². The molecule has 1 aliphatic rings. The van der Waals surface area contributed by atoms with E-state index in [1.165, 1.54) is 18.1 Å². The van der Waals surface area contributed by atoms with Gasteiger partial charge in [-0.05, 0) is 93.1 Å². The van der Waals surface area contributed by atoms with Crippen molar-refractivity contribution in [2.45, 2.75) is 13.0 Å². The SMILES string of the molecule is C=C/C=C\C(=C/C)N1C(=O)/C(=C/c2cc(I)c(OCC(=O)OC)c(I)c2)C(=O)N=C1SCC(=O)NC(c1ccccc1)c1ccccc1. The highest BCUT2D eigenvalue weighted by Crippen LogP contribution is 2.32. The van der Waals surface area contributed by atoms with Crippen molar-refractivity contribution in [3.63, 3.8) is 0 Å². The number of thioether (sulfide) groups is 1. The summed E-state index contributed by atoms with van der Waals surface area (Å²) >= 11 is 5.11. The number of carbonyl (C=O) groups excluding carboxylic acids is 4. The number of amidine groups is 1. The third-order valence-corrected chi connectivity index (χ3v) is 9.35. The van der Waals surface area contributed by atoms with Gasteiger partial charge >= 0.3 is 5.97 Å². The highest BCUT2D eigenvalue weighted by atomic mass is 127. The second-order valence-electron chi connectivity index (χ2n) is 10.00. The molecule has 0 atom stereocenters. The maximum atomic E-state index is 14.0. The summed E-state index contributed by atoms with van der Waals surface area (Å²) in [7, 11) is 1.28. The molecule has 12 heteroatoms. The first-order valence-electron chi connectivity index (χ1n) is 14.5. The van der Waals surface area contributed by atoms with E-state index in [1.807, 2.05) is 60.7 Å². The van der Waals surface area contributed by atoms with Gasteiger partial charge in [0.1, 0.15) is 11.3 Å². The number of halogens is 2. The standard InChI is InChI=1S/C36H31I2N3O6S/c1-4-6-17-26(5-2)41-35(45)27(18-23-19-28(37)33(29(38)20-23)47-21-31(43)46-3)34(44)40-36(41)48-22-30(42)39-32(24-13-9-7-10-14-24)25-15-11-8-12-16-25/h4-20,32H,1,21-22H2,2-3H3,(H,39,42)/b17-6-,26-5+,27-18+. The molecule has 0 unspecified atom stereocenters. The number of ether oxygens (including phenoxy) is 2. The number of allylic oxidation sites excluding steroid dienone is 4. The highest BCUT2D eigenvalue weighted by molar-refractivity contribution is 14.1. The van der Waals surface area contributed by atoms with Gasteiger partial charge in [0.05, 0.1) is 26.0 Å². The minimum Gasteiger partial charge on any atom is -0.480 e. The van der Waals surface area contributed by atoms with E-state index < -0.39 is 23.8 Å². The summed E-state index contributed by atoms with van der Waals surface area (Å²) in [5.74, 6) is -1.77. The van der Waals surface area contributed by atoms with Crippen LogP contribution in [-0.2, 0) is 23.9 Å². The molecule has 0 fully saturated rings. The Labute approximate surface area is 310 Å². The molecule has 3 aromatic carbocycles. The molecule has 4 rings (SSSR count). The lowest BCUT2D eigenvalue weighted by Crippen LogP contribution is -2.42. The van der Waals surface area contributed by atoms with Gasteiger partial charge in [-0.3, -0.25) is 19.3 Å². The fraction of sp³-hybridized carbons (Fsp3) is 0.139. The molecule has 0 radical (unpaired) electrons. The molecule has 0 saturated carbocycles. The number of methoxy groups -OCH3 is 1. The van der Waals surface area contributed by atoms with Crippen LogP contribution in [0.5, 0.6) is 5.75 Å². The zero-order valence-electron chi connectivity index (χ0n) is 26.0. The first-order valence-corrected chi connectivity index (χ1v) is 17.7. The fourth-order valence-electron chi connectivity index (χ4n) is 4.55. The number of carbonyl (C=O) groups is 4. The summed E-state index contributed by atoms with van der Waals surface area (Å²) in [4.78, 5) is 57.9. The minimum absolute atomic E-state index is 0.0748. The summed E-state index contributed by atoms with van der Waals surface area (Å²) in [6.07, 6.45) is 8.09. The number of nitrogens with zero attached hydrogens (tertiary/aromatic N) is 2. The third-order valence-electron chi connectivity index (χ3n) is 6.81. The lowest BCUT2D eigenvalue weighted by molar-refractivity contribution is -0.143. The predicted octanol–water partition coefficient (Wildman–Crippen LogP) is 6.84. The smallest absolute Gasteiger partial charge is 0.343 e. The van der Waals surface area contributed by atoms with Crippen LogP contribution in [0.1, 0.15) is 29.7 Å². The lowest BCUT2D eigenvalue weighted by atomic mass is 9.99.